The molecule has 0 radical (unpaired) electrons. The van der Waals surface area contributed by atoms with Crippen LogP contribution in [-0.4, -0.2) is 28.5 Å². The van der Waals surface area contributed by atoms with Crippen LogP contribution in [0.2, 0.25) is 0 Å². The van der Waals surface area contributed by atoms with E-state index in [1.807, 2.05) is 32.0 Å². The molecule has 0 N–H and O–H groups in total. The van der Waals surface area contributed by atoms with E-state index in [0.29, 0.717) is 13.2 Å². The fraction of sp³-hybridized carbons (Fsp3) is 0.571. The van der Waals surface area contributed by atoms with Gasteiger partial charge in [-0.15, -0.1) is 0 Å². The minimum atomic E-state index is -2.03. The van der Waals surface area contributed by atoms with Crippen molar-refractivity contribution in [2.45, 2.75) is 32.8 Å². The normalized spacial score (nSPS) is 12.8. The Morgan fingerprint density at radius 1 is 1.11 bits per heavy atom. The molecule has 1 aromatic rings. The van der Waals surface area contributed by atoms with Gasteiger partial charge >= 0.3 is 9.53 Å². The molecule has 108 valence electrons. The van der Waals surface area contributed by atoms with Crippen molar-refractivity contribution in [3.63, 3.8) is 0 Å². The molecule has 0 heterocycles. The van der Waals surface area contributed by atoms with E-state index in [2.05, 4.69) is 24.8 Å². The SMILES string of the molecule is CCO[SiH](OCC)OC(CCCS)c1ccccc1. The zero-order valence-electron chi connectivity index (χ0n) is 11.7. The minimum absolute atomic E-state index is 0.0446. The molecule has 0 fully saturated rings. The van der Waals surface area contributed by atoms with E-state index < -0.39 is 9.53 Å². The highest BCUT2D eigenvalue weighted by Crippen LogP contribution is 2.24. The second-order valence-electron chi connectivity index (χ2n) is 4.10. The maximum atomic E-state index is 6.08. The third-order valence-corrected chi connectivity index (χ3v) is 4.75. The summed E-state index contributed by atoms with van der Waals surface area (Å²) >= 11 is 4.27. The lowest BCUT2D eigenvalue weighted by Crippen LogP contribution is -2.29. The second kappa shape index (κ2) is 10.5. The molecule has 0 aliphatic heterocycles. The first-order chi connectivity index (χ1) is 9.31. The lowest BCUT2D eigenvalue weighted by Gasteiger charge is -2.23. The van der Waals surface area contributed by atoms with Crippen LogP contribution in [0.25, 0.3) is 0 Å². The van der Waals surface area contributed by atoms with Gasteiger partial charge in [-0.25, -0.2) is 0 Å². The Bertz CT molecular complexity index is 318. The Morgan fingerprint density at radius 2 is 1.74 bits per heavy atom. The predicted octanol–water partition coefficient (Wildman–Crippen LogP) is 3.24. The Kier molecular flexibility index (Phi) is 9.20. The van der Waals surface area contributed by atoms with Crippen LogP contribution in [-0.2, 0) is 13.3 Å². The fourth-order valence-electron chi connectivity index (χ4n) is 1.79. The number of benzene rings is 1. The smallest absolute Gasteiger partial charge is 0.376 e. The molecule has 1 atom stereocenters. The minimum Gasteiger partial charge on any atom is -0.376 e. The van der Waals surface area contributed by atoms with Crippen molar-refractivity contribution in [1.82, 2.24) is 0 Å². The van der Waals surface area contributed by atoms with Crippen molar-refractivity contribution in [2.24, 2.45) is 0 Å². The lowest BCUT2D eigenvalue weighted by molar-refractivity contribution is 0.0588. The van der Waals surface area contributed by atoms with Crippen LogP contribution in [0.1, 0.15) is 38.4 Å². The zero-order valence-corrected chi connectivity index (χ0v) is 13.8. The van der Waals surface area contributed by atoms with E-state index >= 15 is 0 Å². The summed E-state index contributed by atoms with van der Waals surface area (Å²) in [5, 5.41) is 0. The van der Waals surface area contributed by atoms with Gasteiger partial charge in [-0.1, -0.05) is 30.3 Å². The van der Waals surface area contributed by atoms with Crippen molar-refractivity contribution < 1.29 is 13.3 Å². The van der Waals surface area contributed by atoms with Crippen LogP contribution in [0.5, 0.6) is 0 Å². The lowest BCUT2D eigenvalue weighted by atomic mass is 10.1. The van der Waals surface area contributed by atoms with Gasteiger partial charge in [0.05, 0.1) is 6.10 Å². The second-order valence-corrected chi connectivity index (χ2v) is 6.06. The van der Waals surface area contributed by atoms with E-state index in [1.54, 1.807) is 0 Å². The monoisotopic (exact) mass is 300 g/mol. The summed E-state index contributed by atoms with van der Waals surface area (Å²) in [7, 11) is -2.03. The highest BCUT2D eigenvalue weighted by molar-refractivity contribution is 7.80. The van der Waals surface area contributed by atoms with E-state index in [0.717, 1.165) is 18.6 Å². The van der Waals surface area contributed by atoms with Gasteiger partial charge < -0.3 is 13.3 Å². The van der Waals surface area contributed by atoms with Crippen LogP contribution in [0, 0.1) is 0 Å². The average molecular weight is 300 g/mol. The molecule has 1 unspecified atom stereocenters. The molecule has 19 heavy (non-hydrogen) atoms. The molecule has 0 aromatic heterocycles. The Hall–Kier alpha value is -0.333. The molecule has 1 rings (SSSR count). The fourth-order valence-corrected chi connectivity index (χ4v) is 3.33. The third-order valence-electron chi connectivity index (χ3n) is 2.68. The average Bonchev–Trinajstić information content (AvgIpc) is 2.44. The molecular weight excluding hydrogens is 276 g/mol. The molecule has 0 aliphatic rings. The topological polar surface area (TPSA) is 27.7 Å². The molecule has 3 nitrogen and oxygen atoms in total. The van der Waals surface area contributed by atoms with Gasteiger partial charge in [0.15, 0.2) is 0 Å². The summed E-state index contributed by atoms with van der Waals surface area (Å²) < 4.78 is 17.3. The first kappa shape index (κ1) is 16.7. The summed E-state index contributed by atoms with van der Waals surface area (Å²) in [5.74, 6) is 0.863. The Labute approximate surface area is 123 Å². The van der Waals surface area contributed by atoms with Crippen LogP contribution in [0.15, 0.2) is 30.3 Å². The van der Waals surface area contributed by atoms with E-state index in [4.69, 9.17) is 13.3 Å². The largest absolute Gasteiger partial charge is 0.484 e. The van der Waals surface area contributed by atoms with Crippen LogP contribution in [0.3, 0.4) is 0 Å². The Balaban J connectivity index is 2.67. The maximum Gasteiger partial charge on any atom is 0.484 e. The van der Waals surface area contributed by atoms with Crippen LogP contribution < -0.4 is 0 Å². The van der Waals surface area contributed by atoms with Crippen molar-refractivity contribution >= 4 is 22.2 Å². The van der Waals surface area contributed by atoms with Gasteiger partial charge in [-0.05, 0) is 38.0 Å². The molecular formula is C14H24O3SSi. The molecule has 0 amide bonds. The molecule has 0 spiro atoms. The van der Waals surface area contributed by atoms with Gasteiger partial charge in [0.1, 0.15) is 0 Å². The first-order valence-corrected chi connectivity index (χ1v) is 8.90. The number of thiol groups is 1. The standard InChI is InChI=1S/C14H24O3SSi/c1-3-15-19(16-4-2)17-14(11-8-12-18)13-9-6-5-7-10-13/h5-7,9-10,14,18-19H,3-4,8,11-12H2,1-2H3. The van der Waals surface area contributed by atoms with Crippen molar-refractivity contribution in [3.05, 3.63) is 35.9 Å². The highest BCUT2D eigenvalue weighted by atomic mass is 32.1. The van der Waals surface area contributed by atoms with Gasteiger partial charge in [0.25, 0.3) is 0 Å². The van der Waals surface area contributed by atoms with Gasteiger partial charge in [0.2, 0.25) is 0 Å². The molecule has 1 aromatic carbocycles. The van der Waals surface area contributed by atoms with E-state index in [9.17, 15) is 0 Å². The van der Waals surface area contributed by atoms with Crippen LogP contribution in [0.4, 0.5) is 0 Å². The summed E-state index contributed by atoms with van der Waals surface area (Å²) in [6.07, 6.45) is 2.00. The molecule has 0 aliphatic carbocycles. The predicted molar refractivity (Wildman–Crippen MR) is 83.8 cm³/mol. The maximum absolute atomic E-state index is 6.08. The van der Waals surface area contributed by atoms with Gasteiger partial charge in [0, 0.05) is 13.2 Å². The van der Waals surface area contributed by atoms with E-state index in [-0.39, 0.29) is 6.10 Å². The van der Waals surface area contributed by atoms with Crippen molar-refractivity contribution in [1.29, 1.82) is 0 Å². The molecule has 5 heteroatoms. The number of hydrogen-bond donors (Lipinski definition) is 1. The summed E-state index contributed by atoms with van der Waals surface area (Å²) in [6.45, 7) is 5.19. The van der Waals surface area contributed by atoms with Gasteiger partial charge in [-0.3, -0.25) is 0 Å². The zero-order chi connectivity index (χ0) is 13.9. The molecule has 0 saturated heterocycles. The Morgan fingerprint density at radius 3 is 2.26 bits per heavy atom. The summed E-state index contributed by atoms with van der Waals surface area (Å²) in [4.78, 5) is 0. The quantitative estimate of drug-likeness (QED) is 0.531. The van der Waals surface area contributed by atoms with E-state index in [1.165, 1.54) is 5.56 Å². The third kappa shape index (κ3) is 6.58. The number of rotatable bonds is 10. The highest BCUT2D eigenvalue weighted by Gasteiger charge is 2.21. The van der Waals surface area contributed by atoms with Crippen LogP contribution >= 0.6 is 12.6 Å². The van der Waals surface area contributed by atoms with Crippen molar-refractivity contribution in [2.75, 3.05) is 19.0 Å². The van der Waals surface area contributed by atoms with Gasteiger partial charge in [-0.2, -0.15) is 12.6 Å². The summed E-state index contributed by atoms with van der Waals surface area (Å²) in [5.41, 5.74) is 1.18. The number of hydrogen-bond acceptors (Lipinski definition) is 4. The summed E-state index contributed by atoms with van der Waals surface area (Å²) in [6, 6.07) is 10.3. The molecule has 0 saturated carbocycles. The van der Waals surface area contributed by atoms with Crippen molar-refractivity contribution in [3.8, 4) is 0 Å². The molecule has 0 bridgehead atoms. The first-order valence-electron chi connectivity index (χ1n) is 6.86.